The van der Waals surface area contributed by atoms with Crippen LogP contribution in [0.1, 0.15) is 16.6 Å². The molecule has 10 nitrogen and oxygen atoms in total. The van der Waals surface area contributed by atoms with Gasteiger partial charge in [-0.3, -0.25) is 4.79 Å². The summed E-state index contributed by atoms with van der Waals surface area (Å²) in [5.41, 5.74) is 2.89. The fraction of sp³-hybridized carbons (Fsp3) is 0.261. The molecular weight excluding hydrogens is 456 g/mol. The highest BCUT2D eigenvalue weighted by Crippen LogP contribution is 2.39. The highest BCUT2D eigenvalue weighted by atomic mass is 32.1. The molecule has 5 rings (SSSR count). The number of thiophene rings is 1. The lowest BCUT2D eigenvalue weighted by atomic mass is 10.1. The summed E-state index contributed by atoms with van der Waals surface area (Å²) in [7, 11) is 0. The fourth-order valence-electron chi connectivity index (χ4n) is 3.66. The van der Waals surface area contributed by atoms with Crippen molar-refractivity contribution in [3.63, 3.8) is 0 Å². The van der Waals surface area contributed by atoms with Gasteiger partial charge in [0, 0.05) is 18.7 Å². The van der Waals surface area contributed by atoms with Gasteiger partial charge in [-0.15, -0.1) is 11.3 Å². The van der Waals surface area contributed by atoms with Crippen LogP contribution in [0.15, 0.2) is 49.1 Å². The van der Waals surface area contributed by atoms with Crippen LogP contribution in [0.4, 0.5) is 10.8 Å². The van der Waals surface area contributed by atoms with Crippen LogP contribution in [0.25, 0.3) is 22.3 Å². The molecule has 1 atom stereocenters. The molecule has 0 spiro atoms. The number of anilines is 2. The summed E-state index contributed by atoms with van der Waals surface area (Å²) in [4.78, 5) is 43.3. The van der Waals surface area contributed by atoms with E-state index in [-0.39, 0.29) is 5.82 Å². The molecular formula is C23H22N6O4S. The number of ether oxygens (including phenoxy) is 2. The maximum Gasteiger partial charge on any atom is 0.349 e. The summed E-state index contributed by atoms with van der Waals surface area (Å²) < 4.78 is 11.0. The van der Waals surface area contributed by atoms with Gasteiger partial charge in [0.15, 0.2) is 17.6 Å². The Kier molecular flexibility index (Phi) is 6.19. The van der Waals surface area contributed by atoms with Gasteiger partial charge in [-0.2, -0.15) is 0 Å². The van der Waals surface area contributed by atoms with Crippen LogP contribution in [-0.4, -0.2) is 64.2 Å². The van der Waals surface area contributed by atoms with E-state index in [1.807, 2.05) is 36.4 Å². The third-order valence-electron chi connectivity index (χ3n) is 5.41. The zero-order valence-corrected chi connectivity index (χ0v) is 19.2. The molecule has 174 valence electrons. The second-order valence-electron chi connectivity index (χ2n) is 7.66. The number of fused-ring (bicyclic) bond motifs is 1. The Morgan fingerprint density at radius 1 is 1.18 bits per heavy atom. The van der Waals surface area contributed by atoms with Crippen LogP contribution < -0.4 is 10.2 Å². The maximum atomic E-state index is 13.0. The molecule has 2 N–H and O–H groups in total. The number of carbonyl (C=O) groups excluding carboxylic acids is 2. The Morgan fingerprint density at radius 2 is 1.97 bits per heavy atom. The third kappa shape index (κ3) is 4.47. The molecule has 0 saturated carbocycles. The number of H-pyrrole nitrogens is 1. The number of carbonyl (C=O) groups is 2. The number of imidazole rings is 1. The number of morpholine rings is 1. The first-order valence-electron chi connectivity index (χ1n) is 10.8. The smallest absolute Gasteiger partial charge is 0.349 e. The molecule has 3 aromatic heterocycles. The lowest BCUT2D eigenvalue weighted by Gasteiger charge is -2.28. The molecule has 1 aromatic carbocycles. The first kappa shape index (κ1) is 22.0. The SMILES string of the molecule is CC(OC(=O)c1cc(-c2ccccc2)c(N2CCOCC2)s1)C(=O)Nc1ncnc2nc[nH]c12. The van der Waals surface area contributed by atoms with Gasteiger partial charge in [0.25, 0.3) is 5.91 Å². The molecule has 1 saturated heterocycles. The minimum absolute atomic E-state index is 0.271. The van der Waals surface area contributed by atoms with Gasteiger partial charge in [0.1, 0.15) is 16.7 Å². The summed E-state index contributed by atoms with van der Waals surface area (Å²) in [5, 5.41) is 3.65. The Morgan fingerprint density at radius 3 is 2.76 bits per heavy atom. The number of nitrogens with zero attached hydrogens (tertiary/aromatic N) is 4. The van der Waals surface area contributed by atoms with Crippen molar-refractivity contribution in [1.29, 1.82) is 0 Å². The number of esters is 1. The van der Waals surface area contributed by atoms with Crippen LogP contribution in [0.2, 0.25) is 0 Å². The summed E-state index contributed by atoms with van der Waals surface area (Å²) in [6.07, 6.45) is 1.74. The summed E-state index contributed by atoms with van der Waals surface area (Å²) >= 11 is 1.36. The van der Waals surface area contributed by atoms with Crippen LogP contribution in [0, 0.1) is 0 Å². The Labute approximate surface area is 199 Å². The van der Waals surface area contributed by atoms with Crippen LogP contribution in [0.3, 0.4) is 0 Å². The minimum Gasteiger partial charge on any atom is -0.448 e. The van der Waals surface area contributed by atoms with Gasteiger partial charge in [-0.05, 0) is 18.6 Å². The van der Waals surface area contributed by atoms with Crippen molar-refractivity contribution in [3.05, 3.63) is 53.9 Å². The molecule has 4 heterocycles. The number of hydrogen-bond acceptors (Lipinski definition) is 9. The van der Waals surface area contributed by atoms with Gasteiger partial charge >= 0.3 is 5.97 Å². The second kappa shape index (κ2) is 9.57. The van der Waals surface area contributed by atoms with Crippen molar-refractivity contribution in [2.24, 2.45) is 0 Å². The minimum atomic E-state index is -1.03. The third-order valence-corrected chi connectivity index (χ3v) is 6.59. The zero-order valence-electron chi connectivity index (χ0n) is 18.4. The van der Waals surface area contributed by atoms with E-state index in [2.05, 4.69) is 30.2 Å². The van der Waals surface area contributed by atoms with E-state index in [0.29, 0.717) is 29.3 Å². The maximum absolute atomic E-state index is 13.0. The second-order valence-corrected chi connectivity index (χ2v) is 8.69. The molecule has 1 fully saturated rings. The molecule has 1 aliphatic heterocycles. The van der Waals surface area contributed by atoms with Gasteiger partial charge in [-0.25, -0.2) is 19.7 Å². The first-order chi connectivity index (χ1) is 16.6. The number of hydrogen-bond donors (Lipinski definition) is 2. The molecule has 0 radical (unpaired) electrons. The zero-order chi connectivity index (χ0) is 23.5. The standard InChI is InChI=1S/C23H22N6O4S/c1-14(21(30)28-20-18-19(25-12-24-18)26-13-27-20)33-23(31)17-11-16(15-5-3-2-4-6-15)22(34-17)29-7-9-32-10-8-29/h2-6,11-14H,7-10H2,1H3,(H2,24,25,26,27,28,30). The van der Waals surface area contributed by atoms with E-state index >= 15 is 0 Å². The van der Waals surface area contributed by atoms with Gasteiger partial charge in [0.05, 0.1) is 24.5 Å². The highest BCUT2D eigenvalue weighted by Gasteiger charge is 2.25. The molecule has 1 unspecified atom stereocenters. The predicted octanol–water partition coefficient (Wildman–Crippen LogP) is 3.10. The van der Waals surface area contributed by atoms with Crippen LogP contribution in [0.5, 0.6) is 0 Å². The summed E-state index contributed by atoms with van der Waals surface area (Å²) in [5.74, 6) is -0.789. The lowest BCUT2D eigenvalue weighted by Crippen LogP contribution is -2.35. The number of rotatable bonds is 6. The van der Waals surface area contributed by atoms with E-state index < -0.39 is 18.0 Å². The van der Waals surface area contributed by atoms with Crippen molar-refractivity contribution in [1.82, 2.24) is 19.9 Å². The largest absolute Gasteiger partial charge is 0.448 e. The van der Waals surface area contributed by atoms with Crippen molar-refractivity contribution in [2.45, 2.75) is 13.0 Å². The average Bonchev–Trinajstić information content (AvgIpc) is 3.53. The van der Waals surface area contributed by atoms with Gasteiger partial charge < -0.3 is 24.7 Å². The Bertz CT molecular complexity index is 1320. The lowest BCUT2D eigenvalue weighted by molar-refractivity contribution is -0.123. The predicted molar refractivity (Wildman–Crippen MR) is 128 cm³/mol. The van der Waals surface area contributed by atoms with Crippen LogP contribution >= 0.6 is 11.3 Å². The first-order valence-corrected chi connectivity index (χ1v) is 11.6. The molecule has 34 heavy (non-hydrogen) atoms. The van der Waals surface area contributed by atoms with Crippen LogP contribution in [-0.2, 0) is 14.3 Å². The quantitative estimate of drug-likeness (QED) is 0.406. The number of benzene rings is 1. The molecule has 1 amide bonds. The molecule has 4 aromatic rings. The topological polar surface area (TPSA) is 122 Å². The van der Waals surface area contributed by atoms with Crippen molar-refractivity contribution >= 4 is 45.2 Å². The number of aromatic amines is 1. The molecule has 11 heteroatoms. The van der Waals surface area contributed by atoms with Crippen molar-refractivity contribution in [3.8, 4) is 11.1 Å². The summed E-state index contributed by atoms with van der Waals surface area (Å²) in [6.45, 7) is 4.28. The van der Waals surface area contributed by atoms with Gasteiger partial charge in [0.2, 0.25) is 0 Å². The number of nitrogens with one attached hydrogen (secondary N) is 2. The highest BCUT2D eigenvalue weighted by molar-refractivity contribution is 7.18. The van der Waals surface area contributed by atoms with E-state index in [9.17, 15) is 9.59 Å². The normalized spacial score (nSPS) is 14.7. The van der Waals surface area contributed by atoms with E-state index in [4.69, 9.17) is 9.47 Å². The number of amides is 1. The monoisotopic (exact) mass is 478 g/mol. The Balaban J connectivity index is 1.34. The average molecular weight is 479 g/mol. The fourth-order valence-corrected chi connectivity index (χ4v) is 4.77. The van der Waals surface area contributed by atoms with E-state index in [0.717, 1.165) is 29.2 Å². The molecule has 0 aliphatic carbocycles. The van der Waals surface area contributed by atoms with Gasteiger partial charge in [-0.1, -0.05) is 30.3 Å². The number of aromatic nitrogens is 4. The van der Waals surface area contributed by atoms with Crippen molar-refractivity contribution < 1.29 is 19.1 Å². The molecule has 1 aliphatic rings. The summed E-state index contributed by atoms with van der Waals surface area (Å²) in [6, 6.07) is 11.7. The van der Waals surface area contributed by atoms with Crippen molar-refractivity contribution in [2.75, 3.05) is 36.5 Å². The van der Waals surface area contributed by atoms with E-state index in [1.54, 1.807) is 0 Å². The van der Waals surface area contributed by atoms with E-state index in [1.165, 1.54) is 30.9 Å². The molecule has 0 bridgehead atoms. The Hall–Kier alpha value is -3.83.